The second kappa shape index (κ2) is 4.18. The van der Waals surface area contributed by atoms with Crippen molar-refractivity contribution in [2.45, 2.75) is 6.92 Å². The molecule has 0 atom stereocenters. The van der Waals surface area contributed by atoms with Gasteiger partial charge in [0, 0.05) is 6.54 Å². The van der Waals surface area contributed by atoms with Gasteiger partial charge < -0.3 is 10.3 Å². The highest BCUT2D eigenvalue weighted by molar-refractivity contribution is 9.18. The Kier molecular flexibility index (Phi) is 3.18. The van der Waals surface area contributed by atoms with Crippen molar-refractivity contribution in [3.05, 3.63) is 22.4 Å². The molecule has 0 saturated carbocycles. The molecule has 0 aliphatic rings. The van der Waals surface area contributed by atoms with E-state index in [1.54, 1.807) is 0 Å². The van der Waals surface area contributed by atoms with E-state index in [4.69, 9.17) is 5.41 Å². The number of hydrogen-bond acceptors (Lipinski definition) is 4. The van der Waals surface area contributed by atoms with E-state index in [-0.39, 0.29) is 10.2 Å². The van der Waals surface area contributed by atoms with Gasteiger partial charge in [0.15, 0.2) is 0 Å². The molecule has 1 heterocycles. The van der Waals surface area contributed by atoms with Crippen molar-refractivity contribution in [2.75, 3.05) is 11.9 Å². The number of nitrogens with one attached hydrogen (secondary N) is 3. The van der Waals surface area contributed by atoms with Crippen LogP contribution in [0.1, 0.15) is 12.6 Å². The van der Waals surface area contributed by atoms with Gasteiger partial charge in [-0.3, -0.25) is 10.2 Å². The van der Waals surface area contributed by atoms with E-state index in [1.807, 2.05) is 6.92 Å². The zero-order valence-electron chi connectivity index (χ0n) is 7.02. The first kappa shape index (κ1) is 9.91. The quantitative estimate of drug-likeness (QED) is 0.692. The van der Waals surface area contributed by atoms with Gasteiger partial charge in [0.2, 0.25) is 0 Å². The van der Waals surface area contributed by atoms with E-state index in [2.05, 4.69) is 31.2 Å². The summed E-state index contributed by atoms with van der Waals surface area (Å²) in [5.41, 5.74) is 0.383. The lowest BCUT2D eigenvalue weighted by Gasteiger charge is -2.05. The van der Waals surface area contributed by atoms with Gasteiger partial charge in [-0.25, -0.2) is 4.98 Å². The third kappa shape index (κ3) is 2.15. The molecule has 1 aromatic heterocycles. The largest absolute Gasteiger partial charge is 0.379 e. The van der Waals surface area contributed by atoms with Gasteiger partial charge in [0.1, 0.15) is 16.0 Å². The van der Waals surface area contributed by atoms with Crippen LogP contribution in [0.3, 0.4) is 0 Å². The Morgan fingerprint density at radius 1 is 1.85 bits per heavy atom. The molecule has 0 aliphatic carbocycles. The van der Waals surface area contributed by atoms with Crippen molar-refractivity contribution in [3.8, 4) is 0 Å². The lowest BCUT2D eigenvalue weighted by atomic mass is 10.3. The Bertz CT molecular complexity index is 373. The fraction of sp³-hybridized carbons (Fsp3) is 0.286. The topological polar surface area (TPSA) is 81.6 Å². The maximum absolute atomic E-state index is 11.3. The Morgan fingerprint density at radius 2 is 2.54 bits per heavy atom. The van der Waals surface area contributed by atoms with E-state index < -0.39 is 0 Å². The molecule has 0 saturated heterocycles. The highest BCUT2D eigenvalue weighted by atomic mass is 79.9. The molecule has 0 aliphatic heterocycles. The smallest absolute Gasteiger partial charge is 0.274 e. The lowest BCUT2D eigenvalue weighted by molar-refractivity contribution is 1.08. The van der Waals surface area contributed by atoms with Crippen LogP contribution >= 0.6 is 15.9 Å². The van der Waals surface area contributed by atoms with Gasteiger partial charge in [-0.05, 0) is 22.9 Å². The Balaban J connectivity index is 3.25. The van der Waals surface area contributed by atoms with Crippen molar-refractivity contribution in [1.29, 1.82) is 5.41 Å². The molecule has 5 nitrogen and oxygen atoms in total. The Morgan fingerprint density at radius 3 is 3.08 bits per heavy atom. The number of hydrogen-bond donors (Lipinski definition) is 3. The molecule has 1 aromatic rings. The SMILES string of the molecule is CCNc1c(C(=N)Br)nc[nH]c1=O. The fourth-order valence-electron chi connectivity index (χ4n) is 0.907. The number of aromatic amines is 1. The third-order valence-corrected chi connectivity index (χ3v) is 1.79. The van der Waals surface area contributed by atoms with Crippen molar-refractivity contribution >= 4 is 26.2 Å². The summed E-state index contributed by atoms with van der Waals surface area (Å²) < 4.78 is 0.0922. The van der Waals surface area contributed by atoms with Crippen LogP contribution in [0.25, 0.3) is 0 Å². The standard InChI is InChI=1S/C7H9BrN4O/c1-2-10-5-4(6(8)9)11-3-12-7(5)13/h3,9-10H,2H2,1H3,(H,11,12,13). The Hall–Kier alpha value is -1.17. The summed E-state index contributed by atoms with van der Waals surface area (Å²) in [4.78, 5) is 17.6. The average molecular weight is 245 g/mol. The number of H-pyrrole nitrogens is 1. The Labute approximate surface area is 83.2 Å². The van der Waals surface area contributed by atoms with Crippen molar-refractivity contribution in [2.24, 2.45) is 0 Å². The van der Waals surface area contributed by atoms with Crippen LogP contribution in [0.4, 0.5) is 5.69 Å². The number of aromatic nitrogens is 2. The maximum atomic E-state index is 11.3. The van der Waals surface area contributed by atoms with Crippen LogP contribution in [0.5, 0.6) is 0 Å². The van der Waals surface area contributed by atoms with Crippen molar-refractivity contribution in [3.63, 3.8) is 0 Å². The average Bonchev–Trinajstić information content (AvgIpc) is 2.08. The zero-order chi connectivity index (χ0) is 9.84. The summed E-state index contributed by atoms with van der Waals surface area (Å²) in [6.07, 6.45) is 1.27. The molecule has 6 heteroatoms. The van der Waals surface area contributed by atoms with Crippen LogP contribution < -0.4 is 10.9 Å². The second-order valence-electron chi connectivity index (χ2n) is 2.30. The summed E-state index contributed by atoms with van der Waals surface area (Å²) in [7, 11) is 0. The van der Waals surface area contributed by atoms with Crippen molar-refractivity contribution in [1.82, 2.24) is 9.97 Å². The molecular formula is C7H9BrN4O. The van der Waals surface area contributed by atoms with Crippen LogP contribution in [0, 0.1) is 5.41 Å². The van der Waals surface area contributed by atoms with Gasteiger partial charge in [0.05, 0.1) is 6.33 Å². The monoisotopic (exact) mass is 244 g/mol. The minimum Gasteiger partial charge on any atom is -0.379 e. The van der Waals surface area contributed by atoms with Gasteiger partial charge in [-0.1, -0.05) is 0 Å². The van der Waals surface area contributed by atoms with Crippen LogP contribution in [0.2, 0.25) is 0 Å². The normalized spacial score (nSPS) is 9.69. The highest BCUT2D eigenvalue weighted by Crippen LogP contribution is 2.09. The second-order valence-corrected chi connectivity index (χ2v) is 3.09. The van der Waals surface area contributed by atoms with E-state index in [0.29, 0.717) is 17.9 Å². The molecule has 0 spiro atoms. The predicted octanol–water partition coefficient (Wildman–Crippen LogP) is 0.922. The predicted molar refractivity (Wildman–Crippen MR) is 54.8 cm³/mol. The van der Waals surface area contributed by atoms with Crippen LogP contribution in [-0.4, -0.2) is 21.1 Å². The first-order valence-electron chi connectivity index (χ1n) is 3.72. The zero-order valence-corrected chi connectivity index (χ0v) is 8.60. The molecule has 0 radical (unpaired) electrons. The van der Waals surface area contributed by atoms with E-state index in [0.717, 1.165) is 0 Å². The van der Waals surface area contributed by atoms with Gasteiger partial charge >= 0.3 is 0 Å². The van der Waals surface area contributed by atoms with E-state index in [1.165, 1.54) is 6.33 Å². The molecular weight excluding hydrogens is 236 g/mol. The number of nitrogens with zero attached hydrogens (tertiary/aromatic N) is 1. The highest BCUT2D eigenvalue weighted by Gasteiger charge is 2.09. The summed E-state index contributed by atoms with van der Waals surface area (Å²) >= 11 is 2.97. The number of anilines is 1. The van der Waals surface area contributed by atoms with Crippen LogP contribution in [-0.2, 0) is 0 Å². The fourth-order valence-corrected chi connectivity index (χ4v) is 1.21. The molecule has 1 rings (SSSR count). The molecule has 0 aromatic carbocycles. The molecule has 0 amide bonds. The minimum atomic E-state index is -0.268. The molecule has 0 fully saturated rings. The van der Waals surface area contributed by atoms with Gasteiger partial charge in [0.25, 0.3) is 5.56 Å². The number of rotatable bonds is 3. The van der Waals surface area contributed by atoms with Crippen LogP contribution in [0.15, 0.2) is 11.1 Å². The first-order chi connectivity index (χ1) is 6.16. The first-order valence-corrected chi connectivity index (χ1v) is 4.52. The molecule has 0 unspecified atom stereocenters. The summed E-state index contributed by atoms with van der Waals surface area (Å²) in [5, 5.41) is 10.2. The summed E-state index contributed by atoms with van der Waals surface area (Å²) in [6.45, 7) is 2.48. The minimum absolute atomic E-state index is 0.0922. The summed E-state index contributed by atoms with van der Waals surface area (Å²) in [5.74, 6) is 0. The number of halogens is 1. The molecule has 3 N–H and O–H groups in total. The van der Waals surface area contributed by atoms with Gasteiger partial charge in [-0.2, -0.15) is 0 Å². The maximum Gasteiger partial charge on any atom is 0.274 e. The summed E-state index contributed by atoms with van der Waals surface area (Å²) in [6, 6.07) is 0. The molecule has 13 heavy (non-hydrogen) atoms. The third-order valence-electron chi connectivity index (χ3n) is 1.41. The van der Waals surface area contributed by atoms with Gasteiger partial charge in [-0.15, -0.1) is 0 Å². The lowest BCUT2D eigenvalue weighted by Crippen LogP contribution is -2.18. The van der Waals surface area contributed by atoms with Crippen molar-refractivity contribution < 1.29 is 0 Å². The van der Waals surface area contributed by atoms with E-state index >= 15 is 0 Å². The van der Waals surface area contributed by atoms with E-state index in [9.17, 15) is 4.79 Å². The molecule has 0 bridgehead atoms. The molecule has 70 valence electrons.